The summed E-state index contributed by atoms with van der Waals surface area (Å²) in [5.41, 5.74) is 10.3. The molecule has 0 atom stereocenters. The van der Waals surface area contributed by atoms with Crippen LogP contribution in [0.1, 0.15) is 27.7 Å². The summed E-state index contributed by atoms with van der Waals surface area (Å²) >= 11 is 0. The molecule has 1 nitrogen and oxygen atoms in total. The van der Waals surface area contributed by atoms with E-state index in [2.05, 4.69) is 154 Å². The summed E-state index contributed by atoms with van der Waals surface area (Å²) in [6.45, 7) is 6.72. The van der Waals surface area contributed by atoms with Crippen molar-refractivity contribution >= 4 is 54.3 Å². The van der Waals surface area contributed by atoms with Crippen molar-refractivity contribution in [3.8, 4) is 33.4 Å². The fourth-order valence-electron chi connectivity index (χ4n) is 7.53. The van der Waals surface area contributed by atoms with E-state index in [1.807, 2.05) is 12.1 Å². The Labute approximate surface area is 276 Å². The van der Waals surface area contributed by atoms with Crippen molar-refractivity contribution in [1.82, 2.24) is 0 Å². The predicted molar refractivity (Wildman–Crippen MR) is 201 cm³/mol. The molecule has 0 fully saturated rings. The first kappa shape index (κ1) is 26.5. The van der Waals surface area contributed by atoms with Crippen LogP contribution >= 0.6 is 0 Å². The molecule has 0 spiro atoms. The summed E-state index contributed by atoms with van der Waals surface area (Å²) in [7, 11) is 0. The highest BCUT2D eigenvalue weighted by molar-refractivity contribution is 6.22. The Morgan fingerprint density at radius 2 is 1.09 bits per heavy atom. The highest BCUT2D eigenvalue weighted by Gasteiger charge is 2.22. The average Bonchev–Trinajstić information content (AvgIpc) is 3.49. The SMILES string of the molecule is [2H]c1ccc2cc(-c3c4ccccc4c(-c4ccc(-c5cccc6oc7c(C(C)(C)C)cccc7c56)cc4)c4ccccc34)ccc2c1. The molecule has 224 valence electrons. The van der Waals surface area contributed by atoms with Gasteiger partial charge in [0.1, 0.15) is 11.2 Å². The first-order valence-electron chi connectivity index (χ1n) is 16.8. The number of fused-ring (bicyclic) bond motifs is 6. The van der Waals surface area contributed by atoms with Crippen LogP contribution in [0, 0.1) is 0 Å². The molecule has 0 aliphatic rings. The lowest BCUT2D eigenvalue weighted by Crippen LogP contribution is -2.10. The zero-order valence-electron chi connectivity index (χ0n) is 27.8. The van der Waals surface area contributed by atoms with Gasteiger partial charge in [0.25, 0.3) is 0 Å². The second-order valence-corrected chi connectivity index (χ2v) is 13.6. The Morgan fingerprint density at radius 1 is 0.489 bits per heavy atom. The van der Waals surface area contributed by atoms with E-state index in [0.29, 0.717) is 6.04 Å². The van der Waals surface area contributed by atoms with E-state index < -0.39 is 0 Å². The molecule has 9 rings (SSSR count). The van der Waals surface area contributed by atoms with E-state index >= 15 is 0 Å². The summed E-state index contributed by atoms with van der Waals surface area (Å²) in [6, 6.07) is 52.6. The Hall–Kier alpha value is -5.66. The number of furan rings is 1. The molecule has 0 unspecified atom stereocenters. The third-order valence-corrected chi connectivity index (χ3v) is 9.72. The van der Waals surface area contributed by atoms with Gasteiger partial charge in [-0.3, -0.25) is 0 Å². The minimum absolute atomic E-state index is 0.0170. The van der Waals surface area contributed by atoms with E-state index in [-0.39, 0.29) is 5.41 Å². The molecule has 1 heteroatoms. The number of hydrogen-bond donors (Lipinski definition) is 0. The molecular weight excluding hydrogens is 569 g/mol. The van der Waals surface area contributed by atoms with Crippen LogP contribution in [0.2, 0.25) is 0 Å². The molecule has 1 aromatic heterocycles. The van der Waals surface area contributed by atoms with Crippen LogP contribution in [0.25, 0.3) is 87.6 Å². The lowest BCUT2D eigenvalue weighted by atomic mass is 9.85. The second kappa shape index (κ2) is 10.4. The molecule has 47 heavy (non-hydrogen) atoms. The largest absolute Gasteiger partial charge is 0.456 e. The minimum Gasteiger partial charge on any atom is -0.456 e. The standard InChI is InChI=1S/C46H34O/c1-46(2,3)40-20-10-19-39-44-34(18-11-21-41(44)47-45(39)40)30-23-25-31(26-24-30)42-35-14-6-8-16-37(35)43(38-17-9-7-15-36(38)42)33-27-22-29-12-4-5-13-32(29)28-33/h4-28H,1-3H3/i4D. The summed E-state index contributed by atoms with van der Waals surface area (Å²) < 4.78 is 14.6. The van der Waals surface area contributed by atoms with Gasteiger partial charge in [0.2, 0.25) is 0 Å². The molecule has 0 N–H and O–H groups in total. The number of para-hydroxylation sites is 1. The molecule has 0 saturated heterocycles. The minimum atomic E-state index is -0.0170. The van der Waals surface area contributed by atoms with Crippen LogP contribution < -0.4 is 0 Å². The first-order chi connectivity index (χ1) is 23.3. The Bertz CT molecular complexity index is 2650. The van der Waals surface area contributed by atoms with Crippen LogP contribution in [-0.4, -0.2) is 0 Å². The van der Waals surface area contributed by atoms with Gasteiger partial charge >= 0.3 is 0 Å². The summed E-state index contributed by atoms with van der Waals surface area (Å²) in [4.78, 5) is 0. The third-order valence-electron chi connectivity index (χ3n) is 9.72. The van der Waals surface area contributed by atoms with Crippen molar-refractivity contribution in [2.45, 2.75) is 26.2 Å². The molecule has 0 radical (unpaired) electrons. The number of hydrogen-bond acceptors (Lipinski definition) is 1. The molecule has 1 heterocycles. The van der Waals surface area contributed by atoms with Gasteiger partial charge in [-0.15, -0.1) is 0 Å². The zero-order valence-corrected chi connectivity index (χ0v) is 26.8. The maximum absolute atomic E-state index is 8.06. The summed E-state index contributed by atoms with van der Waals surface area (Å²) in [6.07, 6.45) is 0. The van der Waals surface area contributed by atoms with E-state index in [4.69, 9.17) is 5.79 Å². The molecule has 0 aliphatic carbocycles. The first-order valence-corrected chi connectivity index (χ1v) is 16.3. The topological polar surface area (TPSA) is 13.1 Å². The Kier molecular flexibility index (Phi) is 5.90. The maximum Gasteiger partial charge on any atom is 0.139 e. The van der Waals surface area contributed by atoms with E-state index in [0.717, 1.165) is 21.9 Å². The van der Waals surface area contributed by atoms with Gasteiger partial charge in [0.05, 0.1) is 1.37 Å². The van der Waals surface area contributed by atoms with Crippen molar-refractivity contribution in [3.05, 3.63) is 157 Å². The van der Waals surface area contributed by atoms with Gasteiger partial charge in [0, 0.05) is 16.3 Å². The normalized spacial score (nSPS) is 12.4. The molecule has 8 aromatic carbocycles. The highest BCUT2D eigenvalue weighted by Crippen LogP contribution is 2.45. The predicted octanol–water partition coefficient (Wildman–Crippen LogP) is 13.3. The van der Waals surface area contributed by atoms with Gasteiger partial charge < -0.3 is 4.42 Å². The molecule has 0 aliphatic heterocycles. The van der Waals surface area contributed by atoms with Gasteiger partial charge in [-0.25, -0.2) is 0 Å². The van der Waals surface area contributed by atoms with Gasteiger partial charge in [-0.2, -0.15) is 0 Å². The van der Waals surface area contributed by atoms with Crippen molar-refractivity contribution in [3.63, 3.8) is 0 Å². The van der Waals surface area contributed by atoms with Gasteiger partial charge in [0.15, 0.2) is 0 Å². The highest BCUT2D eigenvalue weighted by atomic mass is 16.3. The van der Waals surface area contributed by atoms with Crippen LogP contribution in [0.4, 0.5) is 0 Å². The fourth-order valence-corrected chi connectivity index (χ4v) is 7.53. The second-order valence-electron chi connectivity index (χ2n) is 13.6. The molecular formula is C46H34O. The van der Waals surface area contributed by atoms with Crippen molar-refractivity contribution < 1.29 is 5.79 Å². The quantitative estimate of drug-likeness (QED) is 0.183. The molecule has 0 bridgehead atoms. The lowest BCUT2D eigenvalue weighted by Gasteiger charge is -2.18. The van der Waals surface area contributed by atoms with Crippen LogP contribution in [0.3, 0.4) is 0 Å². The molecule has 0 saturated carbocycles. The van der Waals surface area contributed by atoms with Gasteiger partial charge in [-0.05, 0) is 83.2 Å². The van der Waals surface area contributed by atoms with Gasteiger partial charge in [-0.1, -0.05) is 160 Å². The zero-order chi connectivity index (χ0) is 32.6. The Balaban J connectivity index is 1.23. The number of rotatable bonds is 3. The lowest BCUT2D eigenvalue weighted by molar-refractivity contribution is 0.573. The van der Waals surface area contributed by atoms with Crippen LogP contribution in [0.5, 0.6) is 0 Å². The van der Waals surface area contributed by atoms with E-state index in [9.17, 15) is 0 Å². The molecule has 9 aromatic rings. The summed E-state index contributed by atoms with van der Waals surface area (Å²) in [5.74, 6) is 0. The number of benzene rings is 8. The fraction of sp³-hybridized carbons (Fsp3) is 0.0870. The monoisotopic (exact) mass is 603 g/mol. The van der Waals surface area contributed by atoms with E-state index in [1.165, 1.54) is 71.3 Å². The van der Waals surface area contributed by atoms with Crippen molar-refractivity contribution in [2.75, 3.05) is 0 Å². The maximum atomic E-state index is 8.06. The Morgan fingerprint density at radius 3 is 1.77 bits per heavy atom. The van der Waals surface area contributed by atoms with Crippen LogP contribution in [0.15, 0.2) is 156 Å². The molecule has 0 amide bonds. The van der Waals surface area contributed by atoms with Crippen molar-refractivity contribution in [1.29, 1.82) is 0 Å². The van der Waals surface area contributed by atoms with Crippen LogP contribution in [-0.2, 0) is 5.41 Å². The smallest absolute Gasteiger partial charge is 0.139 e. The summed E-state index contributed by atoms with van der Waals surface area (Å²) in [5, 5.41) is 9.50. The average molecular weight is 604 g/mol. The van der Waals surface area contributed by atoms with E-state index in [1.54, 1.807) is 0 Å². The van der Waals surface area contributed by atoms with Crippen molar-refractivity contribution in [2.24, 2.45) is 0 Å². The third kappa shape index (κ3) is 4.38.